The molecule has 2 atom stereocenters. The Labute approximate surface area is 118 Å². The van der Waals surface area contributed by atoms with Gasteiger partial charge in [-0.3, -0.25) is 14.4 Å². The second kappa shape index (κ2) is 6.24. The molecule has 1 aliphatic carbocycles. The Morgan fingerprint density at radius 2 is 1.55 bits per heavy atom. The third-order valence-corrected chi connectivity index (χ3v) is 4.38. The second-order valence-electron chi connectivity index (χ2n) is 5.73. The first-order chi connectivity index (χ1) is 9.49. The number of nitrogens with zero attached hydrogens (tertiary/aromatic N) is 2. The first-order valence-corrected chi connectivity index (χ1v) is 7.26. The normalized spacial score (nSPS) is 27.2. The second-order valence-corrected chi connectivity index (χ2v) is 5.73. The van der Waals surface area contributed by atoms with Gasteiger partial charge in [-0.05, 0) is 25.7 Å². The van der Waals surface area contributed by atoms with E-state index in [1.54, 1.807) is 16.7 Å². The largest absolute Gasteiger partial charge is 0.481 e. The van der Waals surface area contributed by atoms with Crippen LogP contribution in [0, 0.1) is 11.8 Å². The maximum atomic E-state index is 12.4. The van der Waals surface area contributed by atoms with Crippen LogP contribution in [-0.4, -0.2) is 58.9 Å². The number of carbonyl (C=O) groups is 3. The summed E-state index contributed by atoms with van der Waals surface area (Å²) in [4.78, 5) is 38.3. The summed E-state index contributed by atoms with van der Waals surface area (Å²) in [5, 5.41) is 8.99. The number of hydrogen-bond acceptors (Lipinski definition) is 3. The van der Waals surface area contributed by atoms with Crippen LogP contribution in [0.5, 0.6) is 0 Å². The van der Waals surface area contributed by atoms with E-state index in [0.717, 1.165) is 6.42 Å². The molecule has 2 fully saturated rings. The fourth-order valence-corrected chi connectivity index (χ4v) is 3.14. The van der Waals surface area contributed by atoms with Crippen molar-refractivity contribution in [2.75, 3.05) is 26.2 Å². The van der Waals surface area contributed by atoms with Crippen LogP contribution in [0.1, 0.15) is 32.6 Å². The number of amides is 2. The van der Waals surface area contributed by atoms with Gasteiger partial charge < -0.3 is 14.9 Å². The van der Waals surface area contributed by atoms with E-state index in [0.29, 0.717) is 45.4 Å². The molecule has 2 amide bonds. The Hall–Kier alpha value is -1.59. The lowest BCUT2D eigenvalue weighted by molar-refractivity contribution is -0.142. The van der Waals surface area contributed by atoms with Crippen molar-refractivity contribution in [2.24, 2.45) is 11.8 Å². The molecule has 2 aliphatic rings. The molecule has 1 aliphatic heterocycles. The van der Waals surface area contributed by atoms with Crippen molar-refractivity contribution in [3.63, 3.8) is 0 Å². The van der Waals surface area contributed by atoms with Crippen molar-refractivity contribution in [3.8, 4) is 0 Å². The first kappa shape index (κ1) is 14.8. The predicted octanol–water partition coefficient (Wildman–Crippen LogP) is 0.568. The van der Waals surface area contributed by atoms with E-state index in [-0.39, 0.29) is 23.7 Å². The summed E-state index contributed by atoms with van der Waals surface area (Å²) in [6, 6.07) is 0. The van der Waals surface area contributed by atoms with E-state index in [1.807, 2.05) is 0 Å². The summed E-state index contributed by atoms with van der Waals surface area (Å²) in [6.07, 6.45) is 2.52. The summed E-state index contributed by atoms with van der Waals surface area (Å²) in [7, 11) is 0. The lowest BCUT2D eigenvalue weighted by Gasteiger charge is -2.24. The zero-order chi connectivity index (χ0) is 14.7. The number of carboxylic acid groups (broad SMARTS) is 1. The minimum absolute atomic E-state index is 0.0473. The zero-order valence-corrected chi connectivity index (χ0v) is 11.9. The Morgan fingerprint density at radius 1 is 0.950 bits per heavy atom. The van der Waals surface area contributed by atoms with Crippen LogP contribution < -0.4 is 0 Å². The standard InChI is InChI=1S/C14H22N2O4/c1-10(17)15-5-2-6-16(8-7-15)13(18)11-3-4-12(9-11)14(19)20/h11-12H,2-9H2,1H3,(H,19,20)/t11-,12+/m0/s1. The maximum Gasteiger partial charge on any atom is 0.306 e. The maximum absolute atomic E-state index is 12.4. The highest BCUT2D eigenvalue weighted by atomic mass is 16.4. The first-order valence-electron chi connectivity index (χ1n) is 7.26. The lowest BCUT2D eigenvalue weighted by Crippen LogP contribution is -2.39. The number of carbonyl (C=O) groups excluding carboxylic acids is 2. The van der Waals surface area contributed by atoms with E-state index in [1.165, 1.54) is 0 Å². The number of hydrogen-bond donors (Lipinski definition) is 1. The summed E-state index contributed by atoms with van der Waals surface area (Å²) in [5.74, 6) is -1.20. The topological polar surface area (TPSA) is 77.9 Å². The third kappa shape index (κ3) is 3.29. The Kier molecular flexibility index (Phi) is 4.62. The van der Waals surface area contributed by atoms with Crippen molar-refractivity contribution >= 4 is 17.8 Å². The molecule has 0 unspecified atom stereocenters. The SMILES string of the molecule is CC(=O)N1CCCN(C(=O)[C@H]2CC[C@@H](C(=O)O)C2)CC1. The summed E-state index contributed by atoms with van der Waals surface area (Å²) in [6.45, 7) is 4.05. The highest BCUT2D eigenvalue weighted by Crippen LogP contribution is 2.32. The molecule has 1 heterocycles. The molecular weight excluding hydrogens is 260 g/mol. The third-order valence-electron chi connectivity index (χ3n) is 4.38. The van der Waals surface area contributed by atoms with Gasteiger partial charge in [0.1, 0.15) is 0 Å². The fourth-order valence-electron chi connectivity index (χ4n) is 3.14. The molecular formula is C14H22N2O4. The zero-order valence-electron chi connectivity index (χ0n) is 11.9. The van der Waals surface area contributed by atoms with E-state index >= 15 is 0 Å². The Balaban J connectivity index is 1.90. The summed E-state index contributed by atoms with van der Waals surface area (Å²) < 4.78 is 0. The smallest absolute Gasteiger partial charge is 0.306 e. The molecule has 6 nitrogen and oxygen atoms in total. The summed E-state index contributed by atoms with van der Waals surface area (Å²) >= 11 is 0. The predicted molar refractivity (Wildman–Crippen MR) is 71.9 cm³/mol. The molecule has 0 aromatic carbocycles. The van der Waals surface area contributed by atoms with Crippen LogP contribution in [-0.2, 0) is 14.4 Å². The van der Waals surface area contributed by atoms with Crippen molar-refractivity contribution < 1.29 is 19.5 Å². The average Bonchev–Trinajstić information content (AvgIpc) is 2.76. The van der Waals surface area contributed by atoms with E-state index in [2.05, 4.69) is 0 Å². The van der Waals surface area contributed by atoms with Gasteiger partial charge in [-0.15, -0.1) is 0 Å². The van der Waals surface area contributed by atoms with Gasteiger partial charge in [0.15, 0.2) is 0 Å². The minimum Gasteiger partial charge on any atom is -0.481 e. The molecule has 1 saturated heterocycles. The number of aliphatic carboxylic acids is 1. The van der Waals surface area contributed by atoms with Crippen LogP contribution in [0.2, 0.25) is 0 Å². The van der Waals surface area contributed by atoms with Crippen LogP contribution in [0.3, 0.4) is 0 Å². The van der Waals surface area contributed by atoms with Crippen LogP contribution in [0.4, 0.5) is 0 Å². The molecule has 0 spiro atoms. The Morgan fingerprint density at radius 3 is 2.15 bits per heavy atom. The van der Waals surface area contributed by atoms with E-state index < -0.39 is 5.97 Å². The molecule has 20 heavy (non-hydrogen) atoms. The highest BCUT2D eigenvalue weighted by molar-refractivity contribution is 5.81. The molecule has 0 aromatic heterocycles. The quantitative estimate of drug-likeness (QED) is 0.803. The van der Waals surface area contributed by atoms with Gasteiger partial charge in [0.2, 0.25) is 11.8 Å². The molecule has 1 N–H and O–H groups in total. The summed E-state index contributed by atoms with van der Waals surface area (Å²) in [5.41, 5.74) is 0. The molecule has 0 bridgehead atoms. The van der Waals surface area contributed by atoms with Crippen molar-refractivity contribution in [3.05, 3.63) is 0 Å². The van der Waals surface area contributed by atoms with Gasteiger partial charge in [-0.25, -0.2) is 0 Å². The van der Waals surface area contributed by atoms with E-state index in [4.69, 9.17) is 5.11 Å². The molecule has 1 saturated carbocycles. The van der Waals surface area contributed by atoms with Crippen molar-refractivity contribution in [1.82, 2.24) is 9.80 Å². The van der Waals surface area contributed by atoms with Crippen LogP contribution in [0.15, 0.2) is 0 Å². The molecule has 112 valence electrons. The molecule has 6 heteroatoms. The van der Waals surface area contributed by atoms with Gasteiger partial charge in [0.25, 0.3) is 0 Å². The van der Waals surface area contributed by atoms with Gasteiger partial charge in [-0.1, -0.05) is 0 Å². The van der Waals surface area contributed by atoms with Crippen molar-refractivity contribution in [2.45, 2.75) is 32.6 Å². The van der Waals surface area contributed by atoms with Gasteiger partial charge in [0.05, 0.1) is 5.92 Å². The minimum atomic E-state index is -0.793. The van der Waals surface area contributed by atoms with Gasteiger partial charge in [0, 0.05) is 39.0 Å². The van der Waals surface area contributed by atoms with Crippen LogP contribution >= 0.6 is 0 Å². The molecule has 0 radical (unpaired) electrons. The van der Waals surface area contributed by atoms with Crippen molar-refractivity contribution in [1.29, 1.82) is 0 Å². The lowest BCUT2D eigenvalue weighted by atomic mass is 10.0. The van der Waals surface area contributed by atoms with Crippen LogP contribution in [0.25, 0.3) is 0 Å². The number of carboxylic acids is 1. The fraction of sp³-hybridized carbons (Fsp3) is 0.786. The van der Waals surface area contributed by atoms with Gasteiger partial charge in [-0.2, -0.15) is 0 Å². The average molecular weight is 282 g/mol. The number of rotatable bonds is 2. The van der Waals surface area contributed by atoms with Gasteiger partial charge >= 0.3 is 5.97 Å². The molecule has 2 rings (SSSR count). The highest BCUT2D eigenvalue weighted by Gasteiger charge is 2.36. The molecule has 0 aromatic rings. The Bertz CT molecular complexity index is 410. The van der Waals surface area contributed by atoms with E-state index in [9.17, 15) is 14.4 Å². The monoisotopic (exact) mass is 282 g/mol.